The van der Waals surface area contributed by atoms with Crippen molar-refractivity contribution in [2.75, 3.05) is 11.5 Å². The highest BCUT2D eigenvalue weighted by atomic mass is 16.3. The Hall–Kier alpha value is -2.04. The van der Waals surface area contributed by atoms with Gasteiger partial charge in [0.25, 0.3) is 0 Å². The average molecular weight is 455 g/mol. The van der Waals surface area contributed by atoms with Crippen LogP contribution in [-0.4, -0.2) is 10.2 Å². The zero-order chi connectivity index (χ0) is 24.2. The van der Waals surface area contributed by atoms with E-state index in [4.69, 9.17) is 11.5 Å². The molecule has 0 fully saturated rings. The third kappa shape index (κ3) is 8.04. The standard InChI is InChI=1S/C29H46N2O2/c1-4-7-10-13-28(32)24-19-21(15-17-26(24)30)23(12-9-6-3)22-16-18-27(31)25(20-22)29(33)14-11-8-5-2/h15-20,23,28-29,32-33H,4-14,30-31H2,1-3H3. The quantitative estimate of drug-likeness (QED) is 0.167. The Morgan fingerprint density at radius 2 is 1.03 bits per heavy atom. The normalized spacial score (nSPS) is 14.2. The highest BCUT2D eigenvalue weighted by Gasteiger charge is 2.20. The van der Waals surface area contributed by atoms with Gasteiger partial charge in [0, 0.05) is 28.4 Å². The van der Waals surface area contributed by atoms with Gasteiger partial charge in [-0.3, -0.25) is 0 Å². The number of hydrogen-bond donors (Lipinski definition) is 4. The summed E-state index contributed by atoms with van der Waals surface area (Å²) in [6, 6.07) is 12.2. The van der Waals surface area contributed by atoms with E-state index >= 15 is 0 Å². The first-order valence-corrected chi connectivity index (χ1v) is 13.1. The van der Waals surface area contributed by atoms with E-state index in [1.807, 2.05) is 12.1 Å². The van der Waals surface area contributed by atoms with Gasteiger partial charge < -0.3 is 21.7 Å². The molecule has 33 heavy (non-hydrogen) atoms. The first-order chi connectivity index (χ1) is 15.9. The maximum Gasteiger partial charge on any atom is 0.0810 e. The second-order valence-electron chi connectivity index (χ2n) is 9.49. The van der Waals surface area contributed by atoms with Gasteiger partial charge in [-0.2, -0.15) is 0 Å². The first-order valence-electron chi connectivity index (χ1n) is 13.1. The van der Waals surface area contributed by atoms with E-state index in [9.17, 15) is 10.2 Å². The Balaban J connectivity index is 2.36. The lowest BCUT2D eigenvalue weighted by atomic mass is 9.84. The topological polar surface area (TPSA) is 92.5 Å². The van der Waals surface area contributed by atoms with Crippen molar-refractivity contribution in [3.63, 3.8) is 0 Å². The van der Waals surface area contributed by atoms with E-state index < -0.39 is 12.2 Å². The number of rotatable bonds is 15. The predicted octanol–water partition coefficient (Wildman–Crippen LogP) is 7.40. The van der Waals surface area contributed by atoms with E-state index in [1.165, 1.54) is 11.1 Å². The number of hydrogen-bond acceptors (Lipinski definition) is 4. The van der Waals surface area contributed by atoms with Crippen molar-refractivity contribution in [2.24, 2.45) is 0 Å². The zero-order valence-electron chi connectivity index (χ0n) is 21.0. The van der Waals surface area contributed by atoms with Gasteiger partial charge in [-0.25, -0.2) is 0 Å². The van der Waals surface area contributed by atoms with Gasteiger partial charge in [0.15, 0.2) is 0 Å². The van der Waals surface area contributed by atoms with Crippen LogP contribution in [0.25, 0.3) is 0 Å². The second-order valence-corrected chi connectivity index (χ2v) is 9.49. The van der Waals surface area contributed by atoms with Crippen LogP contribution < -0.4 is 11.5 Å². The average Bonchev–Trinajstić information content (AvgIpc) is 2.81. The highest BCUT2D eigenvalue weighted by molar-refractivity contribution is 5.54. The molecule has 0 amide bonds. The summed E-state index contributed by atoms with van der Waals surface area (Å²) in [5.74, 6) is 0.175. The molecule has 2 atom stereocenters. The van der Waals surface area contributed by atoms with Crippen molar-refractivity contribution in [2.45, 2.75) is 110 Å². The van der Waals surface area contributed by atoms with Crippen molar-refractivity contribution in [1.82, 2.24) is 0 Å². The molecule has 0 aliphatic rings. The smallest absolute Gasteiger partial charge is 0.0810 e. The summed E-state index contributed by atoms with van der Waals surface area (Å²) >= 11 is 0. The summed E-state index contributed by atoms with van der Waals surface area (Å²) in [6.45, 7) is 6.54. The van der Waals surface area contributed by atoms with Gasteiger partial charge in [0.1, 0.15) is 0 Å². The molecule has 0 spiro atoms. The van der Waals surface area contributed by atoms with Crippen LogP contribution in [0.1, 0.15) is 132 Å². The van der Waals surface area contributed by atoms with Gasteiger partial charge in [-0.1, -0.05) is 96.4 Å². The van der Waals surface area contributed by atoms with Crippen molar-refractivity contribution in [1.29, 1.82) is 0 Å². The monoisotopic (exact) mass is 454 g/mol. The molecule has 0 aliphatic carbocycles. The molecule has 0 saturated heterocycles. The maximum atomic E-state index is 10.8. The zero-order valence-corrected chi connectivity index (χ0v) is 21.0. The Bertz CT molecular complexity index is 771. The largest absolute Gasteiger partial charge is 0.398 e. The van der Waals surface area contributed by atoms with Crippen molar-refractivity contribution in [3.05, 3.63) is 58.7 Å². The molecule has 4 nitrogen and oxygen atoms in total. The molecule has 6 N–H and O–H groups in total. The number of unbranched alkanes of at least 4 members (excludes halogenated alkanes) is 5. The third-order valence-corrected chi connectivity index (χ3v) is 6.75. The molecular weight excluding hydrogens is 408 g/mol. The van der Waals surface area contributed by atoms with Crippen LogP contribution >= 0.6 is 0 Å². The second kappa shape index (κ2) is 14.3. The van der Waals surface area contributed by atoms with E-state index in [0.717, 1.165) is 81.8 Å². The fraction of sp³-hybridized carbons (Fsp3) is 0.586. The van der Waals surface area contributed by atoms with E-state index in [1.54, 1.807) is 0 Å². The van der Waals surface area contributed by atoms with Gasteiger partial charge in [-0.05, 0) is 42.5 Å². The molecule has 2 aromatic rings. The number of nitrogens with two attached hydrogens (primary N) is 2. The lowest BCUT2D eigenvalue weighted by molar-refractivity contribution is 0.164. The van der Waals surface area contributed by atoms with Gasteiger partial charge >= 0.3 is 0 Å². The number of nitrogen functional groups attached to an aromatic ring is 2. The Kier molecular flexibility index (Phi) is 11.8. The van der Waals surface area contributed by atoms with Crippen LogP contribution in [-0.2, 0) is 0 Å². The molecule has 0 bridgehead atoms. The maximum absolute atomic E-state index is 10.8. The van der Waals surface area contributed by atoms with Crippen molar-refractivity contribution in [3.8, 4) is 0 Å². The minimum Gasteiger partial charge on any atom is -0.398 e. The molecule has 2 unspecified atom stereocenters. The van der Waals surface area contributed by atoms with Gasteiger partial charge in [-0.15, -0.1) is 0 Å². The predicted molar refractivity (Wildman–Crippen MR) is 141 cm³/mol. The van der Waals surface area contributed by atoms with Gasteiger partial charge in [0.2, 0.25) is 0 Å². The minimum absolute atomic E-state index is 0.175. The lowest BCUT2D eigenvalue weighted by Gasteiger charge is -2.23. The first kappa shape index (κ1) is 27.2. The number of aliphatic hydroxyl groups excluding tert-OH is 2. The Morgan fingerprint density at radius 3 is 1.42 bits per heavy atom. The molecular formula is C29H46N2O2. The molecule has 0 aromatic heterocycles. The fourth-order valence-corrected chi connectivity index (χ4v) is 4.62. The minimum atomic E-state index is -0.536. The summed E-state index contributed by atoms with van der Waals surface area (Å²) in [7, 11) is 0. The molecule has 0 heterocycles. The molecule has 4 heteroatoms. The van der Waals surface area contributed by atoms with Crippen molar-refractivity contribution < 1.29 is 10.2 Å². The molecule has 184 valence electrons. The van der Waals surface area contributed by atoms with Crippen LogP contribution in [0.3, 0.4) is 0 Å². The van der Waals surface area contributed by atoms with E-state index in [0.29, 0.717) is 11.4 Å². The summed E-state index contributed by atoms with van der Waals surface area (Å²) in [5.41, 5.74) is 17.8. The van der Waals surface area contributed by atoms with Gasteiger partial charge in [0.05, 0.1) is 12.2 Å². The van der Waals surface area contributed by atoms with E-state index in [2.05, 4.69) is 45.0 Å². The molecule has 2 rings (SSSR count). The third-order valence-electron chi connectivity index (χ3n) is 6.75. The molecule has 0 aliphatic heterocycles. The molecule has 0 radical (unpaired) electrons. The highest BCUT2D eigenvalue weighted by Crippen LogP contribution is 2.37. The van der Waals surface area contributed by atoms with Crippen LogP contribution in [0, 0.1) is 0 Å². The fourth-order valence-electron chi connectivity index (χ4n) is 4.62. The summed E-state index contributed by atoms with van der Waals surface area (Å²) in [6.07, 6.45) is 10.1. The Labute approximate surface area is 201 Å². The lowest BCUT2D eigenvalue weighted by Crippen LogP contribution is -2.09. The number of benzene rings is 2. The van der Waals surface area contributed by atoms with Crippen LogP contribution in [0.5, 0.6) is 0 Å². The van der Waals surface area contributed by atoms with Crippen molar-refractivity contribution >= 4 is 11.4 Å². The summed E-state index contributed by atoms with van der Waals surface area (Å²) in [5, 5.41) is 21.6. The molecule has 2 aromatic carbocycles. The van der Waals surface area contributed by atoms with E-state index in [-0.39, 0.29) is 5.92 Å². The SMILES string of the molecule is CCCCCC(O)c1cc(C(CCCC)c2ccc(N)c(C(O)CCCCC)c2)ccc1N. The van der Waals surface area contributed by atoms with Crippen LogP contribution in [0.2, 0.25) is 0 Å². The Morgan fingerprint density at radius 1 is 0.606 bits per heavy atom. The number of anilines is 2. The summed E-state index contributed by atoms with van der Waals surface area (Å²) in [4.78, 5) is 0. The van der Waals surface area contributed by atoms with Crippen LogP contribution in [0.4, 0.5) is 11.4 Å². The van der Waals surface area contributed by atoms with Crippen LogP contribution in [0.15, 0.2) is 36.4 Å². The number of aliphatic hydroxyl groups is 2. The molecule has 0 saturated carbocycles. The summed E-state index contributed by atoms with van der Waals surface area (Å²) < 4.78 is 0.